The summed E-state index contributed by atoms with van der Waals surface area (Å²) in [6, 6.07) is 11.2. The lowest BCUT2D eigenvalue weighted by Crippen LogP contribution is -1.92. The van der Waals surface area contributed by atoms with Crippen LogP contribution in [0.3, 0.4) is 0 Å². The van der Waals surface area contributed by atoms with Gasteiger partial charge in [0.25, 0.3) is 0 Å². The molecule has 0 aliphatic carbocycles. The summed E-state index contributed by atoms with van der Waals surface area (Å²) in [7, 11) is 0. The molecule has 0 N–H and O–H groups in total. The van der Waals surface area contributed by atoms with Gasteiger partial charge in [-0.2, -0.15) is 4.98 Å². The van der Waals surface area contributed by atoms with Crippen molar-refractivity contribution in [1.82, 2.24) is 15.0 Å². The van der Waals surface area contributed by atoms with Gasteiger partial charge in [-0.05, 0) is 24.5 Å². The molecule has 0 fully saturated rings. The van der Waals surface area contributed by atoms with Gasteiger partial charge in [-0.15, -0.1) is 0 Å². The highest BCUT2D eigenvalue weighted by molar-refractivity contribution is 7.98. The van der Waals surface area contributed by atoms with Gasteiger partial charge in [-0.1, -0.05) is 29.4 Å². The van der Waals surface area contributed by atoms with E-state index in [1.54, 1.807) is 12.3 Å². The molecule has 0 saturated heterocycles. The van der Waals surface area contributed by atoms with Crippen LogP contribution in [0.2, 0.25) is 5.15 Å². The third kappa shape index (κ3) is 2.84. The topological polar surface area (TPSA) is 47.9 Å². The van der Waals surface area contributed by atoms with Crippen molar-refractivity contribution in [3.8, 4) is 11.6 Å². The molecule has 0 aliphatic heterocycles. The average Bonchev–Trinajstić information content (AvgIpc) is 2.46. The first-order valence-corrected chi connectivity index (χ1v) is 7.46. The summed E-state index contributed by atoms with van der Waals surface area (Å²) in [6.07, 6.45) is 3.63. The lowest BCUT2D eigenvalue weighted by atomic mass is 10.2. The number of fused-ring (bicyclic) bond motifs is 1. The number of aromatic nitrogens is 3. The van der Waals surface area contributed by atoms with Gasteiger partial charge in [0.05, 0.1) is 5.52 Å². The predicted octanol–water partition coefficient (Wildman–Crippen LogP) is 4.19. The zero-order chi connectivity index (χ0) is 13.9. The molecule has 20 heavy (non-hydrogen) atoms. The van der Waals surface area contributed by atoms with Crippen LogP contribution in [0, 0.1) is 0 Å². The fourth-order valence-electron chi connectivity index (χ4n) is 1.75. The van der Waals surface area contributed by atoms with E-state index in [0.717, 1.165) is 10.9 Å². The number of hydrogen-bond donors (Lipinski definition) is 0. The van der Waals surface area contributed by atoms with Crippen LogP contribution >= 0.6 is 23.4 Å². The van der Waals surface area contributed by atoms with Gasteiger partial charge < -0.3 is 4.74 Å². The number of hydrogen-bond acceptors (Lipinski definition) is 5. The molecule has 2 aromatic heterocycles. The zero-order valence-corrected chi connectivity index (χ0v) is 12.1. The maximum atomic E-state index is 5.93. The van der Waals surface area contributed by atoms with Crippen LogP contribution in [0.5, 0.6) is 11.6 Å². The van der Waals surface area contributed by atoms with Crippen LogP contribution in [-0.2, 0) is 0 Å². The Bertz CT molecular complexity index is 766. The van der Waals surface area contributed by atoms with Crippen LogP contribution in [0.4, 0.5) is 0 Å². The molecule has 0 saturated carbocycles. The first-order chi connectivity index (χ1) is 9.74. The summed E-state index contributed by atoms with van der Waals surface area (Å²) in [6.45, 7) is 0. The molecular formula is C14H10ClN3OS. The summed E-state index contributed by atoms with van der Waals surface area (Å²) < 4.78 is 5.72. The predicted molar refractivity (Wildman–Crippen MR) is 80.6 cm³/mol. The number of pyridine rings is 1. The molecule has 4 nitrogen and oxygen atoms in total. The van der Waals surface area contributed by atoms with Crippen molar-refractivity contribution >= 4 is 34.3 Å². The standard InChI is InChI=1S/C14H10ClN3OS/c1-20-14-17-12(15)8-13(18-14)19-10-5-4-9-3-2-6-16-11(9)7-10/h2-8H,1H3. The quantitative estimate of drug-likeness (QED) is 0.412. The molecule has 3 aromatic rings. The van der Waals surface area contributed by atoms with E-state index in [9.17, 15) is 0 Å². The second-order valence-corrected chi connectivity index (χ2v) is 5.14. The lowest BCUT2D eigenvalue weighted by Gasteiger charge is -2.06. The first kappa shape index (κ1) is 13.1. The summed E-state index contributed by atoms with van der Waals surface area (Å²) in [5.41, 5.74) is 0.871. The Kier molecular flexibility index (Phi) is 3.71. The van der Waals surface area contributed by atoms with Gasteiger partial charge in [-0.25, -0.2) is 4.98 Å². The summed E-state index contributed by atoms with van der Waals surface area (Å²) in [5, 5.41) is 2.00. The van der Waals surface area contributed by atoms with Crippen LogP contribution < -0.4 is 4.74 Å². The summed E-state index contributed by atoms with van der Waals surface area (Å²) in [5.74, 6) is 1.09. The van der Waals surface area contributed by atoms with E-state index in [2.05, 4.69) is 15.0 Å². The second kappa shape index (κ2) is 5.64. The molecule has 100 valence electrons. The van der Waals surface area contributed by atoms with E-state index >= 15 is 0 Å². The molecule has 2 heterocycles. The fourth-order valence-corrected chi connectivity index (χ4v) is 2.35. The number of halogens is 1. The second-order valence-electron chi connectivity index (χ2n) is 3.98. The number of benzene rings is 1. The number of rotatable bonds is 3. The summed E-state index contributed by atoms with van der Waals surface area (Å²) in [4.78, 5) is 12.6. The van der Waals surface area contributed by atoms with Gasteiger partial charge in [0.1, 0.15) is 10.9 Å². The van der Waals surface area contributed by atoms with Crippen molar-refractivity contribution in [3.05, 3.63) is 47.7 Å². The Balaban J connectivity index is 1.94. The smallest absolute Gasteiger partial charge is 0.224 e. The minimum atomic E-state index is 0.360. The minimum Gasteiger partial charge on any atom is -0.439 e. The molecule has 3 rings (SSSR count). The molecule has 0 bridgehead atoms. The van der Waals surface area contributed by atoms with Crippen LogP contribution in [0.1, 0.15) is 0 Å². The molecule has 0 spiro atoms. The van der Waals surface area contributed by atoms with Crippen LogP contribution in [0.25, 0.3) is 10.9 Å². The van der Waals surface area contributed by atoms with Crippen molar-refractivity contribution < 1.29 is 4.74 Å². The first-order valence-electron chi connectivity index (χ1n) is 5.86. The molecule has 6 heteroatoms. The number of nitrogens with zero attached hydrogens (tertiary/aromatic N) is 3. The fraction of sp³-hybridized carbons (Fsp3) is 0.0714. The molecule has 0 unspecified atom stereocenters. The van der Waals surface area contributed by atoms with Crippen LogP contribution in [-0.4, -0.2) is 21.2 Å². The molecular weight excluding hydrogens is 294 g/mol. The van der Waals surface area contributed by atoms with Gasteiger partial charge in [0, 0.05) is 23.7 Å². The van der Waals surface area contributed by atoms with E-state index in [4.69, 9.17) is 16.3 Å². The third-order valence-corrected chi connectivity index (χ3v) is 3.37. The van der Waals surface area contributed by atoms with Crippen molar-refractivity contribution in [2.75, 3.05) is 6.26 Å². The maximum Gasteiger partial charge on any atom is 0.224 e. The van der Waals surface area contributed by atoms with E-state index in [1.165, 1.54) is 11.8 Å². The highest BCUT2D eigenvalue weighted by atomic mass is 35.5. The Morgan fingerprint density at radius 1 is 1.15 bits per heavy atom. The van der Waals surface area contributed by atoms with E-state index in [-0.39, 0.29) is 0 Å². The van der Waals surface area contributed by atoms with Crippen molar-refractivity contribution in [3.63, 3.8) is 0 Å². The van der Waals surface area contributed by atoms with Crippen LogP contribution in [0.15, 0.2) is 47.8 Å². The normalized spacial score (nSPS) is 10.7. The average molecular weight is 304 g/mol. The molecule has 0 amide bonds. The van der Waals surface area contributed by atoms with Crippen molar-refractivity contribution in [2.45, 2.75) is 5.16 Å². The molecule has 0 atom stereocenters. The van der Waals surface area contributed by atoms with Crippen molar-refractivity contribution in [1.29, 1.82) is 0 Å². The van der Waals surface area contributed by atoms with E-state index in [0.29, 0.717) is 21.9 Å². The minimum absolute atomic E-state index is 0.360. The van der Waals surface area contributed by atoms with Gasteiger partial charge in [0.2, 0.25) is 5.88 Å². The van der Waals surface area contributed by atoms with Gasteiger partial charge in [-0.3, -0.25) is 4.98 Å². The largest absolute Gasteiger partial charge is 0.439 e. The Morgan fingerprint density at radius 2 is 2.05 bits per heavy atom. The zero-order valence-electron chi connectivity index (χ0n) is 10.6. The number of thioether (sulfide) groups is 1. The highest BCUT2D eigenvalue weighted by Crippen LogP contribution is 2.26. The Hall–Kier alpha value is -1.85. The molecule has 1 aromatic carbocycles. The maximum absolute atomic E-state index is 5.93. The summed E-state index contributed by atoms with van der Waals surface area (Å²) >= 11 is 7.34. The van der Waals surface area contributed by atoms with E-state index < -0.39 is 0 Å². The Morgan fingerprint density at radius 3 is 2.90 bits per heavy atom. The third-order valence-electron chi connectivity index (χ3n) is 2.63. The molecule has 0 aliphatic rings. The van der Waals surface area contributed by atoms with Gasteiger partial charge in [0.15, 0.2) is 5.16 Å². The number of ether oxygens (including phenoxy) is 1. The lowest BCUT2D eigenvalue weighted by molar-refractivity contribution is 0.456. The SMILES string of the molecule is CSc1nc(Cl)cc(Oc2ccc3cccnc3c2)n1. The molecule has 0 radical (unpaired) electrons. The van der Waals surface area contributed by atoms with Gasteiger partial charge >= 0.3 is 0 Å². The monoisotopic (exact) mass is 303 g/mol. The Labute approximate surface area is 125 Å². The van der Waals surface area contributed by atoms with E-state index in [1.807, 2.05) is 36.6 Å². The highest BCUT2D eigenvalue weighted by Gasteiger charge is 2.05. The van der Waals surface area contributed by atoms with Crippen molar-refractivity contribution in [2.24, 2.45) is 0 Å².